The Balaban J connectivity index is 4.15. The predicted molar refractivity (Wildman–Crippen MR) is 48.5 cm³/mol. The van der Waals surface area contributed by atoms with Gasteiger partial charge in [-0.05, 0) is 33.6 Å². The van der Waals surface area contributed by atoms with Crippen LogP contribution in [-0.4, -0.2) is 5.78 Å². The van der Waals surface area contributed by atoms with Crippen molar-refractivity contribution in [3.05, 3.63) is 11.1 Å². The highest BCUT2D eigenvalue weighted by Crippen LogP contribution is 2.17. The highest BCUT2D eigenvalue weighted by Gasteiger charge is 2.07. The molecule has 0 unspecified atom stereocenters. The van der Waals surface area contributed by atoms with E-state index in [0.717, 1.165) is 0 Å². The second-order valence-corrected chi connectivity index (χ2v) is 3.49. The molecule has 0 heterocycles. The van der Waals surface area contributed by atoms with Gasteiger partial charge in [0.25, 0.3) is 0 Å². The smallest absolute Gasteiger partial charge is 0.130 e. The van der Waals surface area contributed by atoms with Crippen molar-refractivity contribution >= 4 is 5.78 Å². The van der Waals surface area contributed by atoms with Crippen molar-refractivity contribution in [1.82, 2.24) is 0 Å². The summed E-state index contributed by atoms with van der Waals surface area (Å²) in [4.78, 5) is 10.8. The number of allylic oxidation sites excluding steroid dienone is 2. The molecule has 0 aliphatic rings. The molecule has 0 radical (unpaired) electrons. The van der Waals surface area contributed by atoms with E-state index in [4.69, 9.17) is 0 Å². The molecular formula is C10H18O. The Morgan fingerprint density at radius 1 is 1.18 bits per heavy atom. The predicted octanol–water partition coefficient (Wildman–Crippen LogP) is 2.96. The molecule has 0 saturated heterocycles. The first-order valence-corrected chi connectivity index (χ1v) is 4.08. The first-order chi connectivity index (χ1) is 4.95. The maximum atomic E-state index is 10.8. The van der Waals surface area contributed by atoms with Gasteiger partial charge < -0.3 is 4.79 Å². The maximum Gasteiger partial charge on any atom is 0.130 e. The third-order valence-corrected chi connectivity index (χ3v) is 2.12. The van der Waals surface area contributed by atoms with E-state index in [2.05, 4.69) is 27.7 Å². The molecule has 1 heteroatoms. The van der Waals surface area contributed by atoms with E-state index in [-0.39, 0.29) is 5.78 Å². The van der Waals surface area contributed by atoms with Gasteiger partial charge in [0, 0.05) is 6.42 Å². The molecule has 0 aliphatic heterocycles. The van der Waals surface area contributed by atoms with Gasteiger partial charge in [-0.3, -0.25) is 0 Å². The van der Waals surface area contributed by atoms with Crippen LogP contribution in [0.15, 0.2) is 11.1 Å². The lowest BCUT2D eigenvalue weighted by molar-refractivity contribution is -0.117. The zero-order chi connectivity index (χ0) is 9.02. The van der Waals surface area contributed by atoms with E-state index in [1.165, 1.54) is 11.1 Å². The quantitative estimate of drug-likeness (QED) is 0.571. The Labute approximate surface area is 69.5 Å². The number of carbonyl (C=O) groups excluding carboxylic acids is 1. The summed E-state index contributed by atoms with van der Waals surface area (Å²) in [7, 11) is 0. The van der Waals surface area contributed by atoms with Crippen molar-refractivity contribution in [2.45, 2.75) is 41.0 Å². The monoisotopic (exact) mass is 154 g/mol. The van der Waals surface area contributed by atoms with Crippen LogP contribution in [0, 0.1) is 5.92 Å². The molecule has 0 aliphatic carbocycles. The summed E-state index contributed by atoms with van der Waals surface area (Å²) in [6.07, 6.45) is 0.678. The highest BCUT2D eigenvalue weighted by atomic mass is 16.1. The van der Waals surface area contributed by atoms with Crippen molar-refractivity contribution in [3.63, 3.8) is 0 Å². The number of rotatable bonds is 3. The molecule has 0 amide bonds. The van der Waals surface area contributed by atoms with Crippen LogP contribution in [0.3, 0.4) is 0 Å². The Morgan fingerprint density at radius 3 is 1.91 bits per heavy atom. The number of carbonyl (C=O) groups is 1. The lowest BCUT2D eigenvalue weighted by Crippen LogP contribution is -2.03. The Kier molecular flexibility index (Phi) is 4.09. The summed E-state index contributed by atoms with van der Waals surface area (Å²) >= 11 is 0. The van der Waals surface area contributed by atoms with Crippen LogP contribution >= 0.6 is 0 Å². The largest absolute Gasteiger partial charge is 0.300 e. The summed E-state index contributed by atoms with van der Waals surface area (Å²) < 4.78 is 0. The lowest BCUT2D eigenvalue weighted by Gasteiger charge is -2.11. The molecule has 0 aromatic rings. The topological polar surface area (TPSA) is 17.1 Å². The van der Waals surface area contributed by atoms with Crippen molar-refractivity contribution in [2.24, 2.45) is 5.92 Å². The third kappa shape index (κ3) is 3.97. The van der Waals surface area contributed by atoms with Crippen LogP contribution in [-0.2, 0) is 4.79 Å². The van der Waals surface area contributed by atoms with Gasteiger partial charge in [-0.15, -0.1) is 0 Å². The van der Waals surface area contributed by atoms with Gasteiger partial charge in [0.1, 0.15) is 5.78 Å². The minimum atomic E-state index is 0.276. The molecule has 0 aromatic carbocycles. The van der Waals surface area contributed by atoms with Gasteiger partial charge in [-0.2, -0.15) is 0 Å². The van der Waals surface area contributed by atoms with Gasteiger partial charge in [-0.25, -0.2) is 0 Å². The first-order valence-electron chi connectivity index (χ1n) is 4.08. The number of ketones is 1. The van der Waals surface area contributed by atoms with Crippen LogP contribution in [0.4, 0.5) is 0 Å². The number of hydrogen-bond acceptors (Lipinski definition) is 1. The van der Waals surface area contributed by atoms with Crippen molar-refractivity contribution < 1.29 is 4.79 Å². The van der Waals surface area contributed by atoms with Crippen LogP contribution in [0.2, 0.25) is 0 Å². The van der Waals surface area contributed by atoms with Gasteiger partial charge in [0.2, 0.25) is 0 Å². The van der Waals surface area contributed by atoms with Crippen LogP contribution in [0.5, 0.6) is 0 Å². The van der Waals surface area contributed by atoms with E-state index >= 15 is 0 Å². The molecule has 0 aromatic heterocycles. The van der Waals surface area contributed by atoms with Gasteiger partial charge in [0.05, 0.1) is 0 Å². The molecular weight excluding hydrogens is 136 g/mol. The van der Waals surface area contributed by atoms with Crippen molar-refractivity contribution in [3.8, 4) is 0 Å². The van der Waals surface area contributed by atoms with E-state index in [1.807, 2.05) is 0 Å². The maximum absolute atomic E-state index is 10.8. The summed E-state index contributed by atoms with van der Waals surface area (Å²) in [5, 5.41) is 0. The average Bonchev–Trinajstić information content (AvgIpc) is 1.84. The number of hydrogen-bond donors (Lipinski definition) is 0. The van der Waals surface area contributed by atoms with Gasteiger partial charge in [-0.1, -0.05) is 18.1 Å². The Hall–Kier alpha value is -0.590. The van der Waals surface area contributed by atoms with Crippen LogP contribution in [0.1, 0.15) is 41.0 Å². The standard InChI is InChI=1S/C10H18O/c1-7(2)10(5)8(3)6-9(4)11/h8H,6H2,1-5H3/t8-/m0/s1. The van der Waals surface area contributed by atoms with Gasteiger partial charge in [0.15, 0.2) is 0 Å². The van der Waals surface area contributed by atoms with Crippen LogP contribution < -0.4 is 0 Å². The van der Waals surface area contributed by atoms with E-state index < -0.39 is 0 Å². The zero-order valence-corrected chi connectivity index (χ0v) is 8.19. The molecule has 1 atom stereocenters. The molecule has 11 heavy (non-hydrogen) atoms. The molecule has 0 bridgehead atoms. The summed E-state index contributed by atoms with van der Waals surface area (Å²) in [6.45, 7) is 10.0. The summed E-state index contributed by atoms with van der Waals surface area (Å²) in [6, 6.07) is 0. The summed E-state index contributed by atoms with van der Waals surface area (Å²) in [5.74, 6) is 0.690. The van der Waals surface area contributed by atoms with E-state index in [9.17, 15) is 4.79 Å². The molecule has 0 N–H and O–H groups in total. The fraction of sp³-hybridized carbons (Fsp3) is 0.700. The van der Waals surface area contributed by atoms with E-state index in [0.29, 0.717) is 12.3 Å². The van der Waals surface area contributed by atoms with Crippen molar-refractivity contribution in [2.75, 3.05) is 0 Å². The fourth-order valence-electron chi connectivity index (χ4n) is 1.08. The first kappa shape index (κ1) is 10.4. The molecule has 0 fully saturated rings. The van der Waals surface area contributed by atoms with Crippen molar-refractivity contribution in [1.29, 1.82) is 0 Å². The minimum absolute atomic E-state index is 0.276. The SMILES string of the molecule is CC(=O)C[C@H](C)C(C)=C(C)C. The summed E-state index contributed by atoms with van der Waals surface area (Å²) in [5.41, 5.74) is 2.68. The van der Waals surface area contributed by atoms with Gasteiger partial charge >= 0.3 is 0 Å². The minimum Gasteiger partial charge on any atom is -0.300 e. The molecule has 0 spiro atoms. The molecule has 0 saturated carbocycles. The highest BCUT2D eigenvalue weighted by molar-refractivity contribution is 5.76. The normalized spacial score (nSPS) is 12.5. The molecule has 1 nitrogen and oxygen atoms in total. The molecule has 64 valence electrons. The second-order valence-electron chi connectivity index (χ2n) is 3.49. The Morgan fingerprint density at radius 2 is 1.64 bits per heavy atom. The zero-order valence-electron chi connectivity index (χ0n) is 8.19. The van der Waals surface area contributed by atoms with Crippen LogP contribution in [0.25, 0.3) is 0 Å². The number of Topliss-reactive ketones (excluding diaryl/α,β-unsaturated/α-hetero) is 1. The fourth-order valence-corrected chi connectivity index (χ4v) is 1.08. The molecule has 0 rings (SSSR count). The average molecular weight is 154 g/mol. The lowest BCUT2D eigenvalue weighted by atomic mass is 9.94. The third-order valence-electron chi connectivity index (χ3n) is 2.12. The Bertz CT molecular complexity index is 173. The van der Waals surface area contributed by atoms with E-state index in [1.54, 1.807) is 6.92 Å². The second kappa shape index (κ2) is 4.32.